The van der Waals surface area contributed by atoms with Crippen LogP contribution in [0, 0.1) is 10.1 Å². The minimum atomic E-state index is -3.93. The summed E-state index contributed by atoms with van der Waals surface area (Å²) in [6.45, 7) is 0.431. The molecule has 3 rings (SSSR count). The van der Waals surface area contributed by atoms with Crippen molar-refractivity contribution >= 4 is 22.0 Å². The van der Waals surface area contributed by atoms with Gasteiger partial charge in [0.25, 0.3) is 15.7 Å². The van der Waals surface area contributed by atoms with Crippen LogP contribution in [-0.4, -0.2) is 24.0 Å². The second kappa shape index (κ2) is 9.11. The van der Waals surface area contributed by atoms with Crippen LogP contribution in [0.5, 0.6) is 0 Å². The molecule has 0 aliphatic heterocycles. The third-order valence-electron chi connectivity index (χ3n) is 4.16. The van der Waals surface area contributed by atoms with Gasteiger partial charge in [-0.1, -0.05) is 60.7 Å². The van der Waals surface area contributed by atoms with Crippen LogP contribution < -0.4 is 0 Å². The van der Waals surface area contributed by atoms with E-state index in [4.69, 9.17) is 0 Å². The largest absolute Gasteiger partial charge is 0.270 e. The molecule has 0 radical (unpaired) electrons. The summed E-state index contributed by atoms with van der Waals surface area (Å²) in [6, 6.07) is 23.5. The fourth-order valence-electron chi connectivity index (χ4n) is 2.65. The highest BCUT2D eigenvalue weighted by molar-refractivity contribution is 7.89. The van der Waals surface area contributed by atoms with Gasteiger partial charge in [0.2, 0.25) is 0 Å². The van der Waals surface area contributed by atoms with E-state index in [0.717, 1.165) is 15.4 Å². The van der Waals surface area contributed by atoms with E-state index in [1.54, 1.807) is 0 Å². The van der Waals surface area contributed by atoms with Gasteiger partial charge in [0.1, 0.15) is 6.34 Å². The van der Waals surface area contributed by atoms with Crippen molar-refractivity contribution in [3.63, 3.8) is 0 Å². The van der Waals surface area contributed by atoms with Crippen molar-refractivity contribution in [1.82, 2.24) is 4.31 Å². The highest BCUT2D eigenvalue weighted by Gasteiger charge is 2.23. The summed E-state index contributed by atoms with van der Waals surface area (Å²) < 4.78 is 27.4. The Hall–Kier alpha value is -3.52. The summed E-state index contributed by atoms with van der Waals surface area (Å²) in [5.74, 6) is 0. The Morgan fingerprint density at radius 3 is 1.97 bits per heavy atom. The summed E-state index contributed by atoms with van der Waals surface area (Å²) in [6.07, 6.45) is 1.30. The molecule has 7 nitrogen and oxygen atoms in total. The molecule has 0 N–H and O–H groups in total. The Morgan fingerprint density at radius 1 is 0.862 bits per heavy atom. The predicted molar refractivity (Wildman–Crippen MR) is 111 cm³/mol. The zero-order valence-corrected chi connectivity index (χ0v) is 16.3. The molecule has 0 saturated heterocycles. The van der Waals surface area contributed by atoms with Crippen molar-refractivity contribution in [2.24, 2.45) is 4.99 Å². The monoisotopic (exact) mass is 409 g/mol. The maximum absolute atomic E-state index is 13.1. The molecule has 0 amide bonds. The quantitative estimate of drug-likeness (QED) is 0.243. The summed E-state index contributed by atoms with van der Waals surface area (Å²) in [5.41, 5.74) is 1.58. The standard InChI is InChI=1S/C21H19N3O4S/c25-24(26)20-11-13-21(14-12-20)29(27,28)23(16-19-9-5-2-6-10-19)17-22-15-18-7-3-1-4-8-18/h1-14,17H,15-16H2. The molecule has 3 aromatic carbocycles. The zero-order valence-electron chi connectivity index (χ0n) is 15.5. The minimum absolute atomic E-state index is 0.0369. The molecule has 0 atom stereocenters. The summed E-state index contributed by atoms with van der Waals surface area (Å²) in [5, 5.41) is 10.8. The summed E-state index contributed by atoms with van der Waals surface area (Å²) >= 11 is 0. The smallest absolute Gasteiger partial charge is 0.269 e. The Morgan fingerprint density at radius 2 is 1.41 bits per heavy atom. The second-order valence-electron chi connectivity index (χ2n) is 6.23. The van der Waals surface area contributed by atoms with Crippen LogP contribution in [0.15, 0.2) is 94.8 Å². The van der Waals surface area contributed by atoms with E-state index in [2.05, 4.69) is 4.99 Å². The van der Waals surface area contributed by atoms with Crippen LogP contribution >= 0.6 is 0 Å². The third kappa shape index (κ3) is 5.26. The number of sulfonamides is 1. The minimum Gasteiger partial charge on any atom is -0.270 e. The Labute approximate surface area is 169 Å². The van der Waals surface area contributed by atoms with Gasteiger partial charge in [-0.05, 0) is 23.3 Å². The molecule has 29 heavy (non-hydrogen) atoms. The number of rotatable bonds is 8. The second-order valence-corrected chi connectivity index (χ2v) is 8.12. The van der Waals surface area contributed by atoms with Crippen LogP contribution in [0.4, 0.5) is 5.69 Å². The summed E-state index contributed by atoms with van der Waals surface area (Å²) in [7, 11) is -3.93. The number of hydrogen-bond acceptors (Lipinski definition) is 5. The molecular formula is C21H19N3O4S. The molecule has 0 aliphatic carbocycles. The maximum atomic E-state index is 13.1. The molecule has 0 bridgehead atoms. The number of non-ortho nitro benzene ring substituents is 1. The average molecular weight is 409 g/mol. The van der Waals surface area contributed by atoms with E-state index in [0.29, 0.717) is 6.54 Å². The molecule has 8 heteroatoms. The lowest BCUT2D eigenvalue weighted by Crippen LogP contribution is -2.29. The third-order valence-corrected chi connectivity index (χ3v) is 5.87. The maximum Gasteiger partial charge on any atom is 0.269 e. The van der Waals surface area contributed by atoms with Crippen molar-refractivity contribution in [3.05, 3.63) is 106 Å². The number of nitrogens with zero attached hydrogens (tertiary/aromatic N) is 3. The van der Waals surface area contributed by atoms with Crippen LogP contribution in [0.25, 0.3) is 0 Å². The molecule has 0 fully saturated rings. The predicted octanol–water partition coefficient (Wildman–Crippen LogP) is 4.01. The Balaban J connectivity index is 1.89. The lowest BCUT2D eigenvalue weighted by Gasteiger charge is -2.20. The van der Waals surface area contributed by atoms with Gasteiger partial charge in [-0.2, -0.15) is 0 Å². The number of nitro groups is 1. The first-order chi connectivity index (χ1) is 14.0. The highest BCUT2D eigenvalue weighted by Crippen LogP contribution is 2.20. The average Bonchev–Trinajstić information content (AvgIpc) is 2.74. The zero-order chi connectivity index (χ0) is 20.7. The van der Waals surface area contributed by atoms with Gasteiger partial charge in [0, 0.05) is 12.1 Å². The normalized spacial score (nSPS) is 11.4. The Kier molecular flexibility index (Phi) is 6.36. The van der Waals surface area contributed by atoms with E-state index >= 15 is 0 Å². The van der Waals surface area contributed by atoms with Crippen molar-refractivity contribution in [1.29, 1.82) is 0 Å². The SMILES string of the molecule is O=[N+]([O-])c1ccc(S(=O)(=O)N(C=NCc2ccccc2)Cc2ccccc2)cc1. The van der Waals surface area contributed by atoms with Gasteiger partial charge in [-0.25, -0.2) is 8.42 Å². The van der Waals surface area contributed by atoms with E-state index < -0.39 is 14.9 Å². The van der Waals surface area contributed by atoms with Crippen LogP contribution in [0.3, 0.4) is 0 Å². The molecule has 0 spiro atoms. The fraction of sp³-hybridized carbons (Fsp3) is 0.0952. The fourth-order valence-corrected chi connectivity index (χ4v) is 3.91. The molecule has 3 aromatic rings. The van der Waals surface area contributed by atoms with Crippen molar-refractivity contribution < 1.29 is 13.3 Å². The van der Waals surface area contributed by atoms with Gasteiger partial charge >= 0.3 is 0 Å². The number of aliphatic imine (C=N–C) groups is 1. The highest BCUT2D eigenvalue weighted by atomic mass is 32.2. The topological polar surface area (TPSA) is 92.9 Å². The number of nitro benzene ring substituents is 1. The molecule has 0 aliphatic rings. The van der Waals surface area contributed by atoms with Gasteiger partial charge in [0.05, 0.1) is 22.9 Å². The van der Waals surface area contributed by atoms with Crippen molar-refractivity contribution in [3.8, 4) is 0 Å². The Bertz CT molecular complexity index is 1080. The number of benzene rings is 3. The lowest BCUT2D eigenvalue weighted by atomic mass is 10.2. The van der Waals surface area contributed by atoms with Crippen molar-refractivity contribution in [2.75, 3.05) is 0 Å². The van der Waals surface area contributed by atoms with Crippen LogP contribution in [-0.2, 0) is 23.1 Å². The molecular weight excluding hydrogens is 390 g/mol. The van der Waals surface area contributed by atoms with Gasteiger partial charge in [-0.3, -0.25) is 19.4 Å². The lowest BCUT2D eigenvalue weighted by molar-refractivity contribution is -0.384. The van der Waals surface area contributed by atoms with Crippen LogP contribution in [0.1, 0.15) is 11.1 Å². The van der Waals surface area contributed by atoms with E-state index in [1.165, 1.54) is 30.6 Å². The van der Waals surface area contributed by atoms with Gasteiger partial charge < -0.3 is 0 Å². The first kappa shape index (κ1) is 20.2. The van der Waals surface area contributed by atoms with Gasteiger partial charge in [0.15, 0.2) is 0 Å². The van der Waals surface area contributed by atoms with E-state index in [1.807, 2.05) is 60.7 Å². The molecule has 0 heterocycles. The number of hydrogen-bond donors (Lipinski definition) is 0. The molecule has 0 aromatic heterocycles. The van der Waals surface area contributed by atoms with Gasteiger partial charge in [-0.15, -0.1) is 0 Å². The molecule has 0 unspecified atom stereocenters. The first-order valence-electron chi connectivity index (χ1n) is 8.81. The van der Waals surface area contributed by atoms with E-state index in [9.17, 15) is 18.5 Å². The van der Waals surface area contributed by atoms with Crippen molar-refractivity contribution in [2.45, 2.75) is 18.0 Å². The van der Waals surface area contributed by atoms with Crippen LogP contribution in [0.2, 0.25) is 0 Å². The summed E-state index contributed by atoms with van der Waals surface area (Å²) in [4.78, 5) is 14.5. The first-order valence-corrected chi connectivity index (χ1v) is 10.2. The molecule has 0 saturated carbocycles. The van der Waals surface area contributed by atoms with E-state index in [-0.39, 0.29) is 17.1 Å². The molecule has 148 valence electrons.